The molecule has 2 heteroatoms. The summed E-state index contributed by atoms with van der Waals surface area (Å²) in [5, 5.41) is 0. The maximum Gasteiger partial charge on any atom is 0.139 e. The van der Waals surface area contributed by atoms with Crippen molar-refractivity contribution in [3.05, 3.63) is 35.9 Å². The Kier molecular flexibility index (Phi) is 4.69. The molecule has 2 nitrogen and oxygen atoms in total. The van der Waals surface area contributed by atoms with E-state index in [0.29, 0.717) is 23.2 Å². The van der Waals surface area contributed by atoms with Gasteiger partial charge in [0.05, 0.1) is 12.7 Å². The summed E-state index contributed by atoms with van der Waals surface area (Å²) >= 11 is 0. The first-order valence-corrected chi connectivity index (χ1v) is 11.7. The molecule has 0 heterocycles. The quantitative estimate of drug-likeness (QED) is 0.625. The topological polar surface area (TPSA) is 26.3 Å². The number of hydrogen-bond acceptors (Lipinski definition) is 2. The van der Waals surface area contributed by atoms with Gasteiger partial charge in [0.25, 0.3) is 0 Å². The second-order valence-electron chi connectivity index (χ2n) is 10.8. The van der Waals surface area contributed by atoms with Crippen LogP contribution in [0.25, 0.3) is 0 Å². The zero-order chi connectivity index (χ0) is 19.4. The lowest BCUT2D eigenvalue weighted by atomic mass is 9.45. The number of benzene rings is 1. The second kappa shape index (κ2) is 6.97. The molecule has 7 atom stereocenters. The monoisotopic (exact) mass is 380 g/mol. The van der Waals surface area contributed by atoms with E-state index in [1.165, 1.54) is 50.5 Å². The van der Waals surface area contributed by atoms with Crippen molar-refractivity contribution in [1.29, 1.82) is 0 Å². The Morgan fingerprint density at radius 1 is 0.964 bits per heavy atom. The van der Waals surface area contributed by atoms with Crippen LogP contribution in [0, 0.1) is 34.5 Å². The third kappa shape index (κ3) is 2.90. The number of Topliss-reactive ketones (excluding diaryl/α,β-unsaturated/α-hetero) is 1. The summed E-state index contributed by atoms with van der Waals surface area (Å²) in [5.74, 6) is 3.69. The minimum absolute atomic E-state index is 0.0142. The van der Waals surface area contributed by atoms with Crippen molar-refractivity contribution >= 4 is 5.78 Å². The Hall–Kier alpha value is -1.15. The molecule has 0 aliphatic heterocycles. The first-order chi connectivity index (χ1) is 13.5. The molecule has 0 unspecified atom stereocenters. The van der Waals surface area contributed by atoms with Crippen molar-refractivity contribution in [1.82, 2.24) is 0 Å². The van der Waals surface area contributed by atoms with Crippen molar-refractivity contribution in [3.8, 4) is 0 Å². The molecule has 1 aromatic rings. The minimum atomic E-state index is 0.0142. The lowest BCUT2D eigenvalue weighted by Crippen LogP contribution is -2.54. The average Bonchev–Trinajstić information content (AvgIpc) is 3.02. The molecule has 4 aliphatic rings. The van der Waals surface area contributed by atoms with Gasteiger partial charge in [-0.2, -0.15) is 0 Å². The first-order valence-electron chi connectivity index (χ1n) is 11.7. The Labute approximate surface area is 170 Å². The van der Waals surface area contributed by atoms with Crippen LogP contribution in [0.3, 0.4) is 0 Å². The number of rotatable bonds is 3. The van der Waals surface area contributed by atoms with Crippen molar-refractivity contribution in [2.45, 2.75) is 84.3 Å². The van der Waals surface area contributed by atoms with Crippen LogP contribution in [0.4, 0.5) is 0 Å². The van der Waals surface area contributed by atoms with E-state index in [2.05, 4.69) is 44.2 Å². The van der Waals surface area contributed by atoms with E-state index in [9.17, 15) is 4.79 Å². The van der Waals surface area contributed by atoms with E-state index < -0.39 is 0 Å². The fraction of sp³-hybridized carbons (Fsp3) is 0.731. The summed E-state index contributed by atoms with van der Waals surface area (Å²) in [6.07, 6.45) is 11.3. The Bertz CT molecular complexity index is 727. The summed E-state index contributed by atoms with van der Waals surface area (Å²) in [6.45, 7) is 5.65. The molecule has 0 amide bonds. The van der Waals surface area contributed by atoms with Crippen LogP contribution in [-0.2, 0) is 16.1 Å². The molecule has 4 aliphatic carbocycles. The predicted molar refractivity (Wildman–Crippen MR) is 112 cm³/mol. The molecule has 1 aromatic carbocycles. The standard InChI is InChI=1S/C26H36O2/c1-25-14-12-20(28-17-18-6-4-3-5-7-18)16-19(25)8-9-21-22-10-11-24(27)26(22,2)15-13-23(21)25/h3-7,19-23H,8-17H2,1-2H3/t19-,20-,21-,22-,23+,25-,26-/m0/s1. The molecule has 0 aromatic heterocycles. The van der Waals surface area contributed by atoms with Crippen molar-refractivity contribution in [3.63, 3.8) is 0 Å². The number of carbonyl (C=O) groups is 1. The van der Waals surface area contributed by atoms with Crippen LogP contribution < -0.4 is 0 Å². The Balaban J connectivity index is 1.27. The van der Waals surface area contributed by atoms with Gasteiger partial charge in [0.2, 0.25) is 0 Å². The van der Waals surface area contributed by atoms with E-state index in [4.69, 9.17) is 4.74 Å². The third-order valence-electron chi connectivity index (χ3n) is 9.66. The molecule has 4 fully saturated rings. The molecule has 0 saturated heterocycles. The summed E-state index contributed by atoms with van der Waals surface area (Å²) in [7, 11) is 0. The van der Waals surface area contributed by atoms with Gasteiger partial charge >= 0.3 is 0 Å². The van der Waals surface area contributed by atoms with Gasteiger partial charge < -0.3 is 4.74 Å². The summed E-state index contributed by atoms with van der Waals surface area (Å²) in [6, 6.07) is 10.6. The molecular formula is C26H36O2. The van der Waals surface area contributed by atoms with E-state index in [0.717, 1.165) is 37.2 Å². The van der Waals surface area contributed by atoms with Gasteiger partial charge in [-0.15, -0.1) is 0 Å². The van der Waals surface area contributed by atoms with Crippen molar-refractivity contribution in [2.75, 3.05) is 0 Å². The molecule has 0 bridgehead atoms. The van der Waals surface area contributed by atoms with Crippen LogP contribution in [-0.4, -0.2) is 11.9 Å². The Morgan fingerprint density at radius 2 is 1.79 bits per heavy atom. The molecule has 0 spiro atoms. The van der Waals surface area contributed by atoms with E-state index in [1.54, 1.807) is 0 Å². The number of ketones is 1. The summed E-state index contributed by atoms with van der Waals surface area (Å²) < 4.78 is 6.35. The van der Waals surface area contributed by atoms with E-state index in [-0.39, 0.29) is 5.41 Å². The average molecular weight is 381 g/mol. The number of carbonyl (C=O) groups excluding carboxylic acids is 1. The smallest absolute Gasteiger partial charge is 0.139 e. The van der Waals surface area contributed by atoms with Crippen molar-refractivity contribution < 1.29 is 9.53 Å². The SMILES string of the molecule is C[C@]12CC[C@H](OCc3ccccc3)C[C@@H]1CC[C@@H]1[C@H]2CC[C@]2(C)C(=O)CC[C@@H]12. The largest absolute Gasteiger partial charge is 0.374 e. The van der Waals surface area contributed by atoms with E-state index >= 15 is 0 Å². The maximum absolute atomic E-state index is 12.6. The summed E-state index contributed by atoms with van der Waals surface area (Å²) in [4.78, 5) is 12.6. The van der Waals surface area contributed by atoms with Gasteiger partial charge in [-0.25, -0.2) is 0 Å². The maximum atomic E-state index is 12.6. The zero-order valence-electron chi connectivity index (χ0n) is 17.7. The molecule has 5 rings (SSSR count). The highest BCUT2D eigenvalue weighted by molar-refractivity contribution is 5.87. The number of hydrogen-bond donors (Lipinski definition) is 0. The lowest BCUT2D eigenvalue weighted by molar-refractivity contribution is -0.145. The second-order valence-corrected chi connectivity index (χ2v) is 10.8. The van der Waals surface area contributed by atoms with Crippen LogP contribution in [0.15, 0.2) is 30.3 Å². The minimum Gasteiger partial charge on any atom is -0.374 e. The highest BCUT2D eigenvalue weighted by atomic mass is 16.5. The van der Waals surface area contributed by atoms with Crippen LogP contribution in [0.2, 0.25) is 0 Å². The fourth-order valence-electron chi connectivity index (χ4n) is 7.93. The molecule has 4 saturated carbocycles. The lowest BCUT2D eigenvalue weighted by Gasteiger charge is -2.60. The van der Waals surface area contributed by atoms with Gasteiger partial charge in [-0.3, -0.25) is 4.79 Å². The van der Waals surface area contributed by atoms with Gasteiger partial charge in [0.1, 0.15) is 5.78 Å². The molecule has 152 valence electrons. The van der Waals surface area contributed by atoms with Gasteiger partial charge in [-0.05, 0) is 86.0 Å². The highest BCUT2D eigenvalue weighted by Crippen LogP contribution is 2.65. The van der Waals surface area contributed by atoms with Gasteiger partial charge in [-0.1, -0.05) is 44.2 Å². The van der Waals surface area contributed by atoms with Gasteiger partial charge in [0, 0.05) is 11.8 Å². The molecular weight excluding hydrogens is 344 g/mol. The van der Waals surface area contributed by atoms with Crippen LogP contribution in [0.1, 0.15) is 77.2 Å². The first kappa shape index (κ1) is 18.9. The summed E-state index contributed by atoms with van der Waals surface area (Å²) in [5.41, 5.74) is 1.78. The molecule has 0 N–H and O–H groups in total. The third-order valence-corrected chi connectivity index (χ3v) is 9.66. The highest BCUT2D eigenvalue weighted by Gasteiger charge is 2.60. The van der Waals surface area contributed by atoms with E-state index in [1.807, 2.05) is 0 Å². The van der Waals surface area contributed by atoms with Crippen molar-refractivity contribution in [2.24, 2.45) is 34.5 Å². The van der Waals surface area contributed by atoms with Crippen LogP contribution >= 0.6 is 0 Å². The molecule has 0 radical (unpaired) electrons. The molecule has 28 heavy (non-hydrogen) atoms. The number of ether oxygens (including phenoxy) is 1. The predicted octanol–water partition coefficient (Wildman–Crippen LogP) is 6.18. The normalized spacial score (nSPS) is 45.2. The number of fused-ring (bicyclic) bond motifs is 5. The zero-order valence-corrected chi connectivity index (χ0v) is 17.7. The fourth-order valence-corrected chi connectivity index (χ4v) is 7.93. The van der Waals surface area contributed by atoms with Crippen LogP contribution in [0.5, 0.6) is 0 Å². The Morgan fingerprint density at radius 3 is 2.61 bits per heavy atom. The van der Waals surface area contributed by atoms with Gasteiger partial charge in [0.15, 0.2) is 0 Å².